The second kappa shape index (κ2) is 5.53. The topological polar surface area (TPSA) is 81.1 Å². The Labute approximate surface area is 106 Å². The van der Waals surface area contributed by atoms with E-state index in [0.717, 1.165) is 9.26 Å². The standard InChI is InChI=1S/C9H11ClIN3O/c10-6-2-1-5(11)3-8(6)14-4-7(12)9(13)15/h1-3,7,14H,4,12H2,(H2,13,15). The molecule has 0 aromatic heterocycles. The Balaban J connectivity index is 2.65. The van der Waals surface area contributed by atoms with Crippen LogP contribution in [0.1, 0.15) is 0 Å². The summed E-state index contributed by atoms with van der Waals surface area (Å²) in [5.74, 6) is -0.538. The minimum absolute atomic E-state index is 0.273. The van der Waals surface area contributed by atoms with E-state index >= 15 is 0 Å². The number of nitrogens with one attached hydrogen (secondary N) is 1. The van der Waals surface area contributed by atoms with Gasteiger partial charge in [-0.2, -0.15) is 0 Å². The van der Waals surface area contributed by atoms with Crippen molar-refractivity contribution in [2.24, 2.45) is 11.5 Å². The lowest BCUT2D eigenvalue weighted by Crippen LogP contribution is -2.41. The molecular formula is C9H11ClIN3O. The van der Waals surface area contributed by atoms with Crippen LogP contribution in [0.3, 0.4) is 0 Å². The SMILES string of the molecule is NC(=O)C(N)CNc1cc(I)ccc1Cl. The van der Waals surface area contributed by atoms with Crippen LogP contribution in [0.4, 0.5) is 5.69 Å². The number of amides is 1. The summed E-state index contributed by atoms with van der Waals surface area (Å²) in [5.41, 5.74) is 11.3. The van der Waals surface area contributed by atoms with Crippen LogP contribution in [0, 0.1) is 3.57 Å². The molecule has 0 bridgehead atoms. The van der Waals surface area contributed by atoms with Gasteiger partial charge in [0.25, 0.3) is 0 Å². The normalized spacial score (nSPS) is 12.2. The van der Waals surface area contributed by atoms with Gasteiger partial charge in [-0.1, -0.05) is 11.6 Å². The molecule has 1 atom stereocenters. The van der Waals surface area contributed by atoms with Crippen LogP contribution < -0.4 is 16.8 Å². The van der Waals surface area contributed by atoms with Crippen molar-refractivity contribution in [2.45, 2.75) is 6.04 Å². The van der Waals surface area contributed by atoms with E-state index in [1.807, 2.05) is 12.1 Å². The highest BCUT2D eigenvalue weighted by Gasteiger charge is 2.09. The van der Waals surface area contributed by atoms with Gasteiger partial charge in [0, 0.05) is 10.1 Å². The van der Waals surface area contributed by atoms with Crippen molar-refractivity contribution in [1.82, 2.24) is 0 Å². The third-order valence-corrected chi connectivity index (χ3v) is 2.81. The molecule has 0 aliphatic heterocycles. The summed E-state index contributed by atoms with van der Waals surface area (Å²) >= 11 is 8.11. The minimum atomic E-state index is -0.709. The van der Waals surface area contributed by atoms with Gasteiger partial charge >= 0.3 is 0 Å². The summed E-state index contributed by atoms with van der Waals surface area (Å²) < 4.78 is 1.05. The van der Waals surface area contributed by atoms with E-state index in [-0.39, 0.29) is 6.54 Å². The Bertz CT molecular complexity index is 372. The molecule has 5 N–H and O–H groups in total. The molecule has 0 spiro atoms. The van der Waals surface area contributed by atoms with Crippen LogP contribution in [0.15, 0.2) is 18.2 Å². The molecule has 15 heavy (non-hydrogen) atoms. The van der Waals surface area contributed by atoms with Crippen LogP contribution in [0.25, 0.3) is 0 Å². The highest BCUT2D eigenvalue weighted by atomic mass is 127. The number of rotatable bonds is 4. The molecule has 1 amide bonds. The number of carbonyl (C=O) groups is 1. The lowest BCUT2D eigenvalue weighted by atomic mass is 10.2. The number of hydrogen-bond acceptors (Lipinski definition) is 3. The predicted molar refractivity (Wildman–Crippen MR) is 69.8 cm³/mol. The van der Waals surface area contributed by atoms with Gasteiger partial charge in [-0.25, -0.2) is 0 Å². The van der Waals surface area contributed by atoms with Crippen LogP contribution >= 0.6 is 34.2 Å². The Kier molecular flexibility index (Phi) is 4.62. The maximum absolute atomic E-state index is 10.7. The lowest BCUT2D eigenvalue weighted by Gasteiger charge is -2.11. The third-order valence-electron chi connectivity index (χ3n) is 1.81. The molecule has 0 radical (unpaired) electrons. The first-order valence-corrected chi connectivity index (χ1v) is 5.70. The molecule has 1 aromatic carbocycles. The van der Waals surface area contributed by atoms with E-state index in [9.17, 15) is 4.79 Å². The van der Waals surface area contributed by atoms with E-state index in [0.29, 0.717) is 5.02 Å². The van der Waals surface area contributed by atoms with Crippen molar-refractivity contribution in [2.75, 3.05) is 11.9 Å². The van der Waals surface area contributed by atoms with E-state index < -0.39 is 11.9 Å². The Hall–Kier alpha value is -0.530. The third kappa shape index (κ3) is 3.84. The largest absolute Gasteiger partial charge is 0.382 e. The fourth-order valence-corrected chi connectivity index (χ4v) is 1.63. The van der Waals surface area contributed by atoms with Gasteiger partial charge < -0.3 is 16.8 Å². The summed E-state index contributed by atoms with van der Waals surface area (Å²) in [4.78, 5) is 10.7. The van der Waals surface area contributed by atoms with Crippen molar-refractivity contribution in [3.63, 3.8) is 0 Å². The molecular weight excluding hydrogens is 328 g/mol. The van der Waals surface area contributed by atoms with E-state index in [4.69, 9.17) is 23.1 Å². The molecule has 0 aliphatic carbocycles. The molecule has 0 saturated carbocycles. The van der Waals surface area contributed by atoms with Crippen LogP contribution in [-0.4, -0.2) is 18.5 Å². The highest BCUT2D eigenvalue weighted by Crippen LogP contribution is 2.23. The number of benzene rings is 1. The van der Waals surface area contributed by atoms with Crippen molar-refractivity contribution in [3.8, 4) is 0 Å². The zero-order valence-corrected chi connectivity index (χ0v) is 10.7. The average molecular weight is 340 g/mol. The summed E-state index contributed by atoms with van der Waals surface area (Å²) in [6.07, 6.45) is 0. The van der Waals surface area contributed by atoms with Gasteiger partial charge in [0.05, 0.1) is 10.7 Å². The number of hydrogen-bond donors (Lipinski definition) is 3. The Morgan fingerprint density at radius 2 is 2.27 bits per heavy atom. The maximum atomic E-state index is 10.7. The van der Waals surface area contributed by atoms with Gasteiger partial charge in [0.15, 0.2) is 0 Å². The number of carbonyl (C=O) groups excluding carboxylic acids is 1. The molecule has 0 aliphatic rings. The van der Waals surface area contributed by atoms with Crippen molar-refractivity contribution in [3.05, 3.63) is 26.8 Å². The zero-order valence-electron chi connectivity index (χ0n) is 7.84. The highest BCUT2D eigenvalue weighted by molar-refractivity contribution is 14.1. The fraction of sp³-hybridized carbons (Fsp3) is 0.222. The molecule has 0 fully saturated rings. The fourth-order valence-electron chi connectivity index (χ4n) is 0.953. The number of nitrogens with two attached hydrogens (primary N) is 2. The molecule has 1 rings (SSSR count). The molecule has 0 heterocycles. The Morgan fingerprint density at radius 1 is 1.60 bits per heavy atom. The van der Waals surface area contributed by atoms with Crippen molar-refractivity contribution in [1.29, 1.82) is 0 Å². The molecule has 82 valence electrons. The summed E-state index contributed by atoms with van der Waals surface area (Å²) in [7, 11) is 0. The zero-order chi connectivity index (χ0) is 11.4. The second-order valence-electron chi connectivity index (χ2n) is 3.01. The quantitative estimate of drug-likeness (QED) is 0.720. The van der Waals surface area contributed by atoms with Gasteiger partial charge in [0.2, 0.25) is 5.91 Å². The second-order valence-corrected chi connectivity index (χ2v) is 4.67. The van der Waals surface area contributed by atoms with E-state index in [1.54, 1.807) is 6.07 Å². The van der Waals surface area contributed by atoms with Crippen LogP contribution in [-0.2, 0) is 4.79 Å². The minimum Gasteiger partial charge on any atom is -0.382 e. The average Bonchev–Trinajstić information content (AvgIpc) is 2.18. The van der Waals surface area contributed by atoms with Gasteiger partial charge in [-0.3, -0.25) is 4.79 Å². The predicted octanol–water partition coefficient (Wildman–Crippen LogP) is 1.17. The number of primary amides is 1. The van der Waals surface area contributed by atoms with E-state index in [2.05, 4.69) is 27.9 Å². The monoisotopic (exact) mass is 339 g/mol. The summed E-state index contributed by atoms with van der Waals surface area (Å²) in [6, 6.07) is 4.83. The summed E-state index contributed by atoms with van der Waals surface area (Å²) in [5, 5.41) is 3.56. The first-order chi connectivity index (χ1) is 7.00. The van der Waals surface area contributed by atoms with Crippen molar-refractivity contribution >= 4 is 45.8 Å². The smallest absolute Gasteiger partial charge is 0.236 e. The van der Waals surface area contributed by atoms with E-state index in [1.165, 1.54) is 0 Å². The number of halogens is 2. The van der Waals surface area contributed by atoms with Gasteiger partial charge in [0.1, 0.15) is 6.04 Å². The molecule has 1 aromatic rings. The van der Waals surface area contributed by atoms with Crippen LogP contribution in [0.5, 0.6) is 0 Å². The first-order valence-electron chi connectivity index (χ1n) is 4.24. The Morgan fingerprint density at radius 3 is 2.87 bits per heavy atom. The molecule has 4 nitrogen and oxygen atoms in total. The van der Waals surface area contributed by atoms with Gasteiger partial charge in [-0.05, 0) is 40.8 Å². The summed E-state index contributed by atoms with van der Waals surface area (Å²) in [6.45, 7) is 0.273. The van der Waals surface area contributed by atoms with Crippen LogP contribution in [0.2, 0.25) is 5.02 Å². The number of anilines is 1. The maximum Gasteiger partial charge on any atom is 0.236 e. The van der Waals surface area contributed by atoms with Gasteiger partial charge in [-0.15, -0.1) is 0 Å². The molecule has 0 saturated heterocycles. The first kappa shape index (κ1) is 12.5. The lowest BCUT2D eigenvalue weighted by molar-refractivity contribution is -0.118. The van der Waals surface area contributed by atoms with Crippen molar-refractivity contribution < 1.29 is 4.79 Å². The molecule has 1 unspecified atom stereocenters. The molecule has 6 heteroatoms.